The molecule has 16 heavy (non-hydrogen) atoms. The van der Waals surface area contributed by atoms with Crippen molar-refractivity contribution in [3.05, 3.63) is 22.2 Å². The van der Waals surface area contributed by atoms with E-state index in [1.54, 1.807) is 13.0 Å². The van der Waals surface area contributed by atoms with E-state index >= 15 is 0 Å². The minimum Gasteiger partial charge on any atom is -0.492 e. The highest BCUT2D eigenvalue weighted by atomic mass is 79.9. The van der Waals surface area contributed by atoms with Crippen molar-refractivity contribution in [3.8, 4) is 5.75 Å². The largest absolute Gasteiger partial charge is 0.492 e. The summed E-state index contributed by atoms with van der Waals surface area (Å²) in [5.74, 6) is 0.333. The minimum absolute atomic E-state index is 0.00879. The third-order valence-corrected chi connectivity index (χ3v) is 3.70. The Kier molecular flexibility index (Phi) is 4.64. The van der Waals surface area contributed by atoms with Crippen LogP contribution >= 0.6 is 26.6 Å². The van der Waals surface area contributed by atoms with Crippen LogP contribution in [0.15, 0.2) is 21.5 Å². The molecule has 0 amide bonds. The second-order valence-electron chi connectivity index (χ2n) is 3.34. The normalized spacial score (nSPS) is 11.5. The van der Waals surface area contributed by atoms with E-state index in [2.05, 4.69) is 15.9 Å². The van der Waals surface area contributed by atoms with Crippen molar-refractivity contribution in [1.29, 1.82) is 0 Å². The van der Waals surface area contributed by atoms with E-state index in [1.807, 2.05) is 6.92 Å². The molecule has 1 aromatic rings. The molecule has 0 N–H and O–H groups in total. The van der Waals surface area contributed by atoms with Crippen LogP contribution in [-0.2, 0) is 9.05 Å². The lowest BCUT2D eigenvalue weighted by molar-refractivity contribution is 0.307. The van der Waals surface area contributed by atoms with Crippen LogP contribution in [-0.4, -0.2) is 15.0 Å². The zero-order chi connectivity index (χ0) is 12.3. The van der Waals surface area contributed by atoms with Gasteiger partial charge in [0.25, 0.3) is 9.05 Å². The Hall–Kier alpha value is -0.260. The molecule has 0 heterocycles. The maximum atomic E-state index is 11.4. The SMILES string of the molecule is CCCOc1c(C)cc(Br)cc1S(=O)(=O)Cl. The molecular weight excluding hydrogens is 316 g/mol. The number of ether oxygens (including phenoxy) is 1. The van der Waals surface area contributed by atoms with Crippen molar-refractivity contribution in [2.45, 2.75) is 25.2 Å². The summed E-state index contributed by atoms with van der Waals surface area (Å²) in [6.45, 7) is 4.19. The molecule has 0 unspecified atom stereocenters. The van der Waals surface area contributed by atoms with Crippen LogP contribution in [0.2, 0.25) is 0 Å². The molecule has 90 valence electrons. The van der Waals surface area contributed by atoms with Crippen LogP contribution in [0.3, 0.4) is 0 Å². The van der Waals surface area contributed by atoms with E-state index in [0.717, 1.165) is 12.0 Å². The van der Waals surface area contributed by atoms with Gasteiger partial charge in [-0.3, -0.25) is 0 Å². The standard InChI is InChI=1S/C10H12BrClO3S/c1-3-4-15-10-7(2)5-8(11)6-9(10)16(12,13)14/h5-6H,3-4H2,1-2H3. The van der Waals surface area contributed by atoms with E-state index < -0.39 is 9.05 Å². The molecule has 0 radical (unpaired) electrons. The van der Waals surface area contributed by atoms with E-state index in [9.17, 15) is 8.42 Å². The Morgan fingerprint density at radius 1 is 1.44 bits per heavy atom. The molecule has 1 rings (SSSR count). The van der Waals surface area contributed by atoms with Gasteiger partial charge in [-0.1, -0.05) is 22.9 Å². The number of rotatable bonds is 4. The molecular formula is C10H12BrClO3S. The fourth-order valence-corrected chi connectivity index (χ4v) is 3.05. The van der Waals surface area contributed by atoms with Crippen LogP contribution < -0.4 is 4.74 Å². The zero-order valence-corrected chi connectivity index (χ0v) is 12.1. The molecule has 0 fully saturated rings. The second-order valence-corrected chi connectivity index (χ2v) is 6.79. The maximum absolute atomic E-state index is 11.4. The van der Waals surface area contributed by atoms with E-state index in [4.69, 9.17) is 15.4 Å². The zero-order valence-electron chi connectivity index (χ0n) is 8.96. The molecule has 0 saturated carbocycles. The monoisotopic (exact) mass is 326 g/mol. The highest BCUT2D eigenvalue weighted by Gasteiger charge is 2.19. The van der Waals surface area contributed by atoms with Crippen LogP contribution in [0.25, 0.3) is 0 Å². The Balaban J connectivity index is 3.33. The number of halogens is 2. The van der Waals surface area contributed by atoms with Crippen molar-refractivity contribution in [2.24, 2.45) is 0 Å². The van der Waals surface area contributed by atoms with Crippen molar-refractivity contribution < 1.29 is 13.2 Å². The van der Waals surface area contributed by atoms with Gasteiger partial charge >= 0.3 is 0 Å². The second kappa shape index (κ2) is 5.38. The first-order valence-electron chi connectivity index (χ1n) is 4.74. The molecule has 1 aromatic carbocycles. The number of aryl methyl sites for hydroxylation is 1. The molecule has 0 bridgehead atoms. The number of hydrogen-bond acceptors (Lipinski definition) is 3. The highest BCUT2D eigenvalue weighted by molar-refractivity contribution is 9.10. The lowest BCUT2D eigenvalue weighted by atomic mass is 10.2. The number of benzene rings is 1. The molecule has 0 aliphatic heterocycles. The molecule has 0 spiro atoms. The Morgan fingerprint density at radius 2 is 2.06 bits per heavy atom. The van der Waals surface area contributed by atoms with Gasteiger partial charge in [0.05, 0.1) is 6.61 Å². The minimum atomic E-state index is -3.79. The fraction of sp³-hybridized carbons (Fsp3) is 0.400. The van der Waals surface area contributed by atoms with Crippen molar-refractivity contribution in [3.63, 3.8) is 0 Å². The predicted molar refractivity (Wildman–Crippen MR) is 67.7 cm³/mol. The first-order chi connectivity index (χ1) is 7.36. The van der Waals surface area contributed by atoms with Crippen LogP contribution in [0.5, 0.6) is 5.75 Å². The summed E-state index contributed by atoms with van der Waals surface area (Å²) in [6.07, 6.45) is 0.803. The third-order valence-electron chi connectivity index (χ3n) is 1.92. The molecule has 6 heteroatoms. The molecule has 3 nitrogen and oxygen atoms in total. The Bertz CT molecular complexity index is 485. The molecule has 0 aromatic heterocycles. The van der Waals surface area contributed by atoms with Gasteiger partial charge in [0.2, 0.25) is 0 Å². The van der Waals surface area contributed by atoms with Gasteiger partial charge in [-0.2, -0.15) is 0 Å². The lowest BCUT2D eigenvalue weighted by Crippen LogP contribution is -2.03. The molecule has 0 atom stereocenters. The van der Waals surface area contributed by atoms with Crippen molar-refractivity contribution in [1.82, 2.24) is 0 Å². The highest BCUT2D eigenvalue weighted by Crippen LogP contribution is 2.33. The Morgan fingerprint density at radius 3 is 2.56 bits per heavy atom. The topological polar surface area (TPSA) is 43.4 Å². The summed E-state index contributed by atoms with van der Waals surface area (Å²) in [7, 11) is 1.57. The van der Waals surface area contributed by atoms with Gasteiger partial charge in [0, 0.05) is 15.2 Å². The first kappa shape index (κ1) is 13.8. The lowest BCUT2D eigenvalue weighted by Gasteiger charge is -2.12. The van der Waals surface area contributed by atoms with E-state index in [-0.39, 0.29) is 4.90 Å². The fourth-order valence-electron chi connectivity index (χ4n) is 1.27. The third kappa shape index (κ3) is 3.37. The van der Waals surface area contributed by atoms with Gasteiger partial charge in [0.15, 0.2) is 0 Å². The summed E-state index contributed by atoms with van der Waals surface area (Å²) in [5.41, 5.74) is 0.738. The summed E-state index contributed by atoms with van der Waals surface area (Å²) in [4.78, 5) is 0.00879. The maximum Gasteiger partial charge on any atom is 0.265 e. The molecule has 0 saturated heterocycles. The van der Waals surface area contributed by atoms with Crippen LogP contribution in [0, 0.1) is 6.92 Å². The average molecular weight is 328 g/mol. The quantitative estimate of drug-likeness (QED) is 0.795. The predicted octanol–water partition coefficient (Wildman–Crippen LogP) is 3.47. The molecule has 0 aliphatic carbocycles. The summed E-state index contributed by atoms with van der Waals surface area (Å²) < 4.78 is 28.8. The smallest absolute Gasteiger partial charge is 0.265 e. The van der Waals surface area contributed by atoms with Crippen molar-refractivity contribution in [2.75, 3.05) is 6.61 Å². The van der Waals surface area contributed by atoms with Gasteiger partial charge in [-0.05, 0) is 31.0 Å². The first-order valence-corrected chi connectivity index (χ1v) is 7.84. The average Bonchev–Trinajstić information content (AvgIpc) is 2.14. The summed E-state index contributed by atoms with van der Waals surface area (Å²) >= 11 is 3.23. The summed E-state index contributed by atoms with van der Waals surface area (Å²) in [5, 5.41) is 0. The summed E-state index contributed by atoms with van der Waals surface area (Å²) in [6, 6.07) is 3.23. The van der Waals surface area contributed by atoms with Crippen LogP contribution in [0.1, 0.15) is 18.9 Å². The van der Waals surface area contributed by atoms with Gasteiger partial charge in [-0.15, -0.1) is 0 Å². The van der Waals surface area contributed by atoms with E-state index in [1.165, 1.54) is 6.07 Å². The van der Waals surface area contributed by atoms with Crippen LogP contribution in [0.4, 0.5) is 0 Å². The van der Waals surface area contributed by atoms with Gasteiger partial charge in [0.1, 0.15) is 10.6 Å². The number of hydrogen-bond donors (Lipinski definition) is 0. The van der Waals surface area contributed by atoms with E-state index in [0.29, 0.717) is 16.8 Å². The van der Waals surface area contributed by atoms with Crippen molar-refractivity contribution >= 4 is 35.7 Å². The van der Waals surface area contributed by atoms with Gasteiger partial charge < -0.3 is 4.74 Å². The Labute approximate surface area is 108 Å². The molecule has 0 aliphatic rings. The van der Waals surface area contributed by atoms with Gasteiger partial charge in [-0.25, -0.2) is 8.42 Å².